The summed E-state index contributed by atoms with van der Waals surface area (Å²) in [5, 5.41) is 8.01. The van der Waals surface area contributed by atoms with E-state index in [4.69, 9.17) is 9.88 Å². The quantitative estimate of drug-likeness (QED) is 0.783. The molecule has 2 aromatic rings. The largest absolute Gasteiger partial charge is 0.495 e. The maximum Gasteiger partial charge on any atom is 0.265 e. The Balaban J connectivity index is 1.81. The van der Waals surface area contributed by atoms with Crippen LogP contribution in [-0.2, 0) is 22.9 Å². The minimum atomic E-state index is -3.96. The van der Waals surface area contributed by atoms with E-state index in [9.17, 15) is 13.2 Å². The monoisotopic (exact) mass is 422 g/mol. The van der Waals surface area contributed by atoms with Crippen molar-refractivity contribution >= 4 is 33.0 Å². The number of primary sulfonamides is 1. The number of aryl methyl sites for hydroxylation is 1. The molecule has 1 aliphatic carbocycles. The van der Waals surface area contributed by atoms with Crippen molar-refractivity contribution in [2.75, 3.05) is 12.4 Å². The van der Waals surface area contributed by atoms with Gasteiger partial charge in [0.05, 0.1) is 12.0 Å². The van der Waals surface area contributed by atoms with Crippen LogP contribution in [0.3, 0.4) is 0 Å². The fourth-order valence-corrected chi connectivity index (χ4v) is 5.37. The number of thiophene rings is 1. The van der Waals surface area contributed by atoms with Crippen LogP contribution in [0.15, 0.2) is 29.2 Å². The highest BCUT2D eigenvalue weighted by molar-refractivity contribution is 7.89. The number of anilines is 1. The summed E-state index contributed by atoms with van der Waals surface area (Å²) in [6.07, 6.45) is 3.11. The van der Waals surface area contributed by atoms with Gasteiger partial charge in [0, 0.05) is 10.6 Å². The number of rotatable bonds is 4. The number of benzene rings is 1. The van der Waals surface area contributed by atoms with Crippen molar-refractivity contribution in [1.29, 1.82) is 0 Å². The summed E-state index contributed by atoms with van der Waals surface area (Å²) in [5.41, 5.74) is 1.85. The van der Waals surface area contributed by atoms with Crippen LogP contribution in [0.4, 0.5) is 5.69 Å². The molecule has 152 valence electrons. The molecule has 1 amide bonds. The number of nitrogens with one attached hydrogen (secondary N) is 1. The zero-order chi connectivity index (χ0) is 20.7. The molecule has 1 aromatic carbocycles. The predicted molar refractivity (Wildman–Crippen MR) is 112 cm³/mol. The molecule has 0 bridgehead atoms. The van der Waals surface area contributed by atoms with Gasteiger partial charge in [-0.15, -0.1) is 11.3 Å². The molecule has 1 atom stereocenters. The Hall–Kier alpha value is -1.90. The second-order valence-electron chi connectivity index (χ2n) is 8.23. The van der Waals surface area contributed by atoms with Gasteiger partial charge in [0.15, 0.2) is 0 Å². The van der Waals surface area contributed by atoms with E-state index in [0.717, 1.165) is 19.3 Å². The summed E-state index contributed by atoms with van der Waals surface area (Å²) in [5.74, 6) is 0.488. The Labute approximate surface area is 170 Å². The number of hydrogen-bond acceptors (Lipinski definition) is 5. The normalized spacial score (nSPS) is 17.1. The van der Waals surface area contributed by atoms with Gasteiger partial charge in [-0.1, -0.05) is 20.8 Å². The van der Waals surface area contributed by atoms with E-state index in [0.29, 0.717) is 16.5 Å². The van der Waals surface area contributed by atoms with Crippen molar-refractivity contribution < 1.29 is 17.9 Å². The Kier molecular flexibility index (Phi) is 5.58. The summed E-state index contributed by atoms with van der Waals surface area (Å²) in [4.78, 5) is 14.5. The highest BCUT2D eigenvalue weighted by atomic mass is 32.2. The van der Waals surface area contributed by atoms with Gasteiger partial charge >= 0.3 is 0 Å². The van der Waals surface area contributed by atoms with Crippen molar-refractivity contribution in [3.8, 4) is 5.75 Å². The SMILES string of the molecule is COc1ccc(NC(=O)c2cc3c(s2)CC[C@H](C(C)(C)C)C3)cc1S(N)(=O)=O. The van der Waals surface area contributed by atoms with Gasteiger partial charge < -0.3 is 10.1 Å². The van der Waals surface area contributed by atoms with Crippen LogP contribution in [0.5, 0.6) is 5.75 Å². The number of hydrogen-bond donors (Lipinski definition) is 2. The van der Waals surface area contributed by atoms with E-state index in [1.54, 1.807) is 6.07 Å². The van der Waals surface area contributed by atoms with Crippen LogP contribution >= 0.6 is 11.3 Å². The summed E-state index contributed by atoms with van der Waals surface area (Å²) >= 11 is 1.51. The smallest absolute Gasteiger partial charge is 0.265 e. The van der Waals surface area contributed by atoms with E-state index in [1.807, 2.05) is 6.07 Å². The van der Waals surface area contributed by atoms with Gasteiger partial charge in [0.1, 0.15) is 10.6 Å². The van der Waals surface area contributed by atoms with E-state index in [2.05, 4.69) is 26.1 Å². The Bertz CT molecular complexity index is 1000. The standard InChI is InChI=1S/C20H26N2O4S2/c1-20(2,3)13-5-8-16-12(9-13)10-17(27-16)19(23)22-14-6-7-15(26-4)18(11-14)28(21,24)25/h6-7,10-11,13H,5,8-9H2,1-4H3,(H,22,23)(H2,21,24,25)/t13-/m0/s1. The molecule has 0 unspecified atom stereocenters. The van der Waals surface area contributed by atoms with E-state index >= 15 is 0 Å². The molecule has 6 nitrogen and oxygen atoms in total. The summed E-state index contributed by atoms with van der Waals surface area (Å²) in [7, 11) is -2.60. The predicted octanol–water partition coefficient (Wildman–Crippen LogP) is 3.81. The zero-order valence-corrected chi connectivity index (χ0v) is 18.2. The Morgan fingerprint density at radius 1 is 1.29 bits per heavy atom. The lowest BCUT2D eigenvalue weighted by atomic mass is 9.72. The van der Waals surface area contributed by atoms with Gasteiger partial charge in [0.25, 0.3) is 5.91 Å². The Morgan fingerprint density at radius 2 is 2.00 bits per heavy atom. The number of fused-ring (bicyclic) bond motifs is 1. The van der Waals surface area contributed by atoms with Crippen LogP contribution in [0.2, 0.25) is 0 Å². The second-order valence-corrected chi connectivity index (χ2v) is 10.9. The van der Waals surface area contributed by atoms with Crippen LogP contribution < -0.4 is 15.2 Å². The molecular weight excluding hydrogens is 396 g/mol. The number of ether oxygens (including phenoxy) is 1. The lowest BCUT2D eigenvalue weighted by molar-refractivity contribution is 0.103. The van der Waals surface area contributed by atoms with Crippen molar-refractivity contribution in [1.82, 2.24) is 0 Å². The summed E-state index contributed by atoms with van der Waals surface area (Å²) in [6, 6.07) is 6.35. The van der Waals surface area contributed by atoms with Crippen LogP contribution in [-0.4, -0.2) is 21.4 Å². The number of carbonyl (C=O) groups is 1. The first kappa shape index (κ1) is 20.8. The topological polar surface area (TPSA) is 98.5 Å². The van der Waals surface area contributed by atoms with E-state index in [1.165, 1.54) is 41.0 Å². The molecule has 3 N–H and O–H groups in total. The highest BCUT2D eigenvalue weighted by Crippen LogP contribution is 2.40. The average Bonchev–Trinajstić information content (AvgIpc) is 3.03. The molecule has 1 aromatic heterocycles. The zero-order valence-electron chi connectivity index (χ0n) is 16.5. The molecule has 0 spiro atoms. The molecule has 0 radical (unpaired) electrons. The number of carbonyl (C=O) groups excluding carboxylic acids is 1. The number of amides is 1. The number of nitrogens with two attached hydrogens (primary N) is 1. The fraction of sp³-hybridized carbons (Fsp3) is 0.450. The molecule has 3 rings (SSSR count). The van der Waals surface area contributed by atoms with Crippen molar-refractivity contribution in [3.05, 3.63) is 39.6 Å². The third-order valence-electron chi connectivity index (χ3n) is 5.26. The lowest BCUT2D eigenvalue weighted by Gasteiger charge is -2.33. The first-order valence-corrected chi connectivity index (χ1v) is 11.5. The second kappa shape index (κ2) is 7.50. The molecule has 1 aliphatic rings. The highest BCUT2D eigenvalue weighted by Gasteiger charge is 2.30. The van der Waals surface area contributed by atoms with Gasteiger partial charge in [-0.05, 0) is 60.4 Å². The summed E-state index contributed by atoms with van der Waals surface area (Å²) in [6.45, 7) is 6.78. The first-order valence-electron chi connectivity index (χ1n) is 9.13. The van der Waals surface area contributed by atoms with Crippen molar-refractivity contribution in [3.63, 3.8) is 0 Å². The fourth-order valence-electron chi connectivity index (χ4n) is 3.54. The molecule has 1 heterocycles. The molecular formula is C20H26N2O4S2. The van der Waals surface area contributed by atoms with Gasteiger partial charge in [-0.3, -0.25) is 4.79 Å². The molecule has 0 fully saturated rings. The van der Waals surface area contributed by atoms with Crippen molar-refractivity contribution in [2.24, 2.45) is 16.5 Å². The van der Waals surface area contributed by atoms with Gasteiger partial charge in [0.2, 0.25) is 10.0 Å². The lowest BCUT2D eigenvalue weighted by Crippen LogP contribution is -2.26. The number of methoxy groups -OCH3 is 1. The van der Waals surface area contributed by atoms with Gasteiger partial charge in [-0.25, -0.2) is 13.6 Å². The molecule has 0 saturated heterocycles. The van der Waals surface area contributed by atoms with Crippen LogP contribution in [0.25, 0.3) is 0 Å². The summed E-state index contributed by atoms with van der Waals surface area (Å²) < 4.78 is 28.5. The minimum absolute atomic E-state index is 0.139. The number of sulfonamides is 1. The molecule has 28 heavy (non-hydrogen) atoms. The van der Waals surface area contributed by atoms with Crippen LogP contribution in [0.1, 0.15) is 47.3 Å². The van der Waals surface area contributed by atoms with E-state index in [-0.39, 0.29) is 22.0 Å². The van der Waals surface area contributed by atoms with Gasteiger partial charge in [-0.2, -0.15) is 0 Å². The van der Waals surface area contributed by atoms with Crippen molar-refractivity contribution in [2.45, 2.75) is 44.9 Å². The average molecular weight is 423 g/mol. The third kappa shape index (κ3) is 4.39. The van der Waals surface area contributed by atoms with E-state index < -0.39 is 10.0 Å². The maximum absolute atomic E-state index is 12.7. The third-order valence-corrected chi connectivity index (χ3v) is 7.43. The Morgan fingerprint density at radius 3 is 2.61 bits per heavy atom. The first-order chi connectivity index (χ1) is 13.0. The molecule has 0 saturated carbocycles. The van der Waals surface area contributed by atoms with Crippen LogP contribution in [0, 0.1) is 11.3 Å². The maximum atomic E-state index is 12.7. The molecule has 0 aliphatic heterocycles. The molecule has 8 heteroatoms. The minimum Gasteiger partial charge on any atom is -0.495 e.